The molecule has 0 spiro atoms. The molecule has 402 valence electrons. The van der Waals surface area contributed by atoms with Gasteiger partial charge in [-0.3, -0.25) is 4.79 Å². The smallest absolute Gasteiger partial charge is 0.220 e. The average Bonchev–Trinajstić information content (AvgIpc) is 3.35. The monoisotopic (exact) mass is 972 g/mol. The minimum atomic E-state index is -1.58. The average molecular weight is 973 g/mol. The normalized spacial score (nSPS) is 19.9. The van der Waals surface area contributed by atoms with Gasteiger partial charge in [-0.15, -0.1) is 0 Å². The Balaban J connectivity index is 2.18. The van der Waals surface area contributed by atoms with Gasteiger partial charge in [0.15, 0.2) is 6.29 Å². The summed E-state index contributed by atoms with van der Waals surface area (Å²) in [5.74, 6) is -0.191. The summed E-state index contributed by atoms with van der Waals surface area (Å²) in [6.45, 7) is 3.75. The van der Waals surface area contributed by atoms with E-state index in [9.17, 15) is 30.3 Å². The number of amides is 1. The van der Waals surface area contributed by atoms with Crippen LogP contribution in [0.4, 0.5) is 0 Å². The molecule has 1 rings (SSSR count). The van der Waals surface area contributed by atoms with E-state index in [0.717, 1.165) is 57.8 Å². The number of rotatable bonds is 49. The van der Waals surface area contributed by atoms with Gasteiger partial charge in [0, 0.05) is 6.42 Å². The van der Waals surface area contributed by atoms with E-state index in [4.69, 9.17) is 9.47 Å². The number of aliphatic hydroxyl groups is 5. The Kier molecular flexibility index (Phi) is 46.5. The number of hydrogen-bond donors (Lipinski definition) is 6. The van der Waals surface area contributed by atoms with E-state index in [1.807, 2.05) is 6.08 Å². The summed E-state index contributed by atoms with van der Waals surface area (Å²) in [5.41, 5.74) is 0. The second-order valence-corrected chi connectivity index (χ2v) is 20.1. The van der Waals surface area contributed by atoms with Crippen LogP contribution in [0.2, 0.25) is 0 Å². The number of carbonyl (C=O) groups excluding carboxylic acids is 1. The van der Waals surface area contributed by atoms with Crippen molar-refractivity contribution < 1.29 is 39.8 Å². The topological polar surface area (TPSA) is 149 Å². The third-order valence-electron chi connectivity index (χ3n) is 13.5. The summed E-state index contributed by atoms with van der Waals surface area (Å²) in [6, 6.07) is -0.829. The second-order valence-electron chi connectivity index (χ2n) is 20.1. The zero-order chi connectivity index (χ0) is 50.1. The maximum atomic E-state index is 13.0. The van der Waals surface area contributed by atoms with E-state index in [1.165, 1.54) is 180 Å². The van der Waals surface area contributed by atoms with Crippen molar-refractivity contribution in [3.63, 3.8) is 0 Å². The SMILES string of the molecule is CCCCCCC/C=C/CC/C=C/CC/C=C/C(O)C(COC1OC(CO)C(O)C(O)C1O)NC(=O)CCCCCCCCCCCCCCCCC/C=C\C/C=C\CCCCCCCCCCC. The molecule has 1 amide bonds. The molecule has 1 aliphatic heterocycles. The number of hydrogen-bond acceptors (Lipinski definition) is 8. The predicted octanol–water partition coefficient (Wildman–Crippen LogP) is 14.3. The number of carbonyl (C=O) groups is 1. The third kappa shape index (κ3) is 39.1. The lowest BCUT2D eigenvalue weighted by molar-refractivity contribution is -0.302. The molecule has 0 aliphatic carbocycles. The molecule has 1 fully saturated rings. The van der Waals surface area contributed by atoms with E-state index >= 15 is 0 Å². The van der Waals surface area contributed by atoms with Gasteiger partial charge in [0.2, 0.25) is 5.91 Å². The summed E-state index contributed by atoms with van der Waals surface area (Å²) < 4.78 is 11.2. The van der Waals surface area contributed by atoms with Crippen LogP contribution in [-0.2, 0) is 14.3 Å². The second kappa shape index (κ2) is 49.5. The molecule has 1 heterocycles. The van der Waals surface area contributed by atoms with Crippen LogP contribution >= 0.6 is 0 Å². The third-order valence-corrected chi connectivity index (χ3v) is 13.5. The fourth-order valence-corrected chi connectivity index (χ4v) is 8.93. The Hall–Kier alpha value is -2.11. The van der Waals surface area contributed by atoms with Crippen LogP contribution in [0.1, 0.15) is 258 Å². The van der Waals surface area contributed by atoms with Gasteiger partial charge in [-0.1, -0.05) is 235 Å². The quantitative estimate of drug-likeness (QED) is 0.0261. The van der Waals surface area contributed by atoms with Crippen LogP contribution in [-0.4, -0.2) is 87.5 Å². The first-order chi connectivity index (χ1) is 33.8. The molecule has 69 heavy (non-hydrogen) atoms. The number of ether oxygens (including phenoxy) is 2. The first kappa shape index (κ1) is 64.9. The highest BCUT2D eigenvalue weighted by Gasteiger charge is 2.44. The van der Waals surface area contributed by atoms with Crippen LogP contribution in [0.5, 0.6) is 0 Å². The molecule has 0 saturated carbocycles. The van der Waals surface area contributed by atoms with Crippen molar-refractivity contribution in [1.82, 2.24) is 5.32 Å². The van der Waals surface area contributed by atoms with Gasteiger partial charge >= 0.3 is 0 Å². The summed E-state index contributed by atoms with van der Waals surface area (Å²) in [5, 5.41) is 54.4. The minimum absolute atomic E-state index is 0.191. The summed E-state index contributed by atoms with van der Waals surface area (Å²) in [4.78, 5) is 13.0. The summed E-state index contributed by atoms with van der Waals surface area (Å²) >= 11 is 0. The van der Waals surface area contributed by atoms with E-state index < -0.39 is 49.5 Å². The molecule has 1 aliphatic rings. The molecule has 0 aromatic heterocycles. The Labute approximate surface area is 424 Å². The van der Waals surface area contributed by atoms with E-state index in [0.29, 0.717) is 6.42 Å². The van der Waals surface area contributed by atoms with Gasteiger partial charge in [-0.05, 0) is 77.0 Å². The number of aliphatic hydroxyl groups excluding tert-OH is 5. The van der Waals surface area contributed by atoms with E-state index in [-0.39, 0.29) is 12.5 Å². The molecule has 0 aromatic carbocycles. The minimum Gasteiger partial charge on any atom is -0.394 e. The molecular weight excluding hydrogens is 863 g/mol. The van der Waals surface area contributed by atoms with Crippen molar-refractivity contribution in [2.75, 3.05) is 13.2 Å². The molecule has 0 aromatic rings. The molecule has 7 unspecified atom stereocenters. The molecule has 6 N–H and O–H groups in total. The zero-order valence-electron chi connectivity index (χ0n) is 44.6. The van der Waals surface area contributed by atoms with Gasteiger partial charge in [0.05, 0.1) is 25.4 Å². The maximum Gasteiger partial charge on any atom is 0.220 e. The van der Waals surface area contributed by atoms with Crippen LogP contribution < -0.4 is 5.32 Å². The molecule has 1 saturated heterocycles. The molecule has 7 atom stereocenters. The van der Waals surface area contributed by atoms with Crippen LogP contribution in [0.25, 0.3) is 0 Å². The highest BCUT2D eigenvalue weighted by Crippen LogP contribution is 2.23. The Morgan fingerprint density at radius 3 is 1.30 bits per heavy atom. The number of nitrogens with one attached hydrogen (secondary N) is 1. The first-order valence-corrected chi connectivity index (χ1v) is 29.0. The van der Waals surface area contributed by atoms with Crippen molar-refractivity contribution in [2.45, 2.75) is 301 Å². The summed E-state index contributed by atoms with van der Waals surface area (Å²) in [6.07, 6.45) is 60.1. The predicted molar refractivity (Wildman–Crippen MR) is 290 cm³/mol. The molecule has 0 radical (unpaired) electrons. The van der Waals surface area contributed by atoms with Gasteiger partial charge < -0.3 is 40.3 Å². The van der Waals surface area contributed by atoms with Gasteiger partial charge in [0.1, 0.15) is 24.4 Å². The highest BCUT2D eigenvalue weighted by molar-refractivity contribution is 5.76. The fraction of sp³-hybridized carbons (Fsp3) is 0.817. The lowest BCUT2D eigenvalue weighted by Gasteiger charge is -2.40. The number of allylic oxidation sites excluding steroid dienone is 9. The van der Waals surface area contributed by atoms with Gasteiger partial charge in [-0.25, -0.2) is 0 Å². The van der Waals surface area contributed by atoms with Crippen molar-refractivity contribution in [3.8, 4) is 0 Å². The lowest BCUT2D eigenvalue weighted by atomic mass is 9.99. The highest BCUT2D eigenvalue weighted by atomic mass is 16.7. The Bertz CT molecular complexity index is 1270. The van der Waals surface area contributed by atoms with Gasteiger partial charge in [0.25, 0.3) is 0 Å². The molecule has 9 nitrogen and oxygen atoms in total. The standard InChI is InChI=1S/C60H109NO8/c1-3-5-7-9-11-13-15-17-19-20-21-22-23-24-25-26-27-28-29-30-31-32-33-34-36-38-40-42-44-46-48-50-56(64)61-53(52-68-60-59(67)58(66)57(65)55(51-62)69-60)54(63)49-47-45-43-41-39-37-35-18-16-14-12-10-8-6-4-2/h16,18,21-22,24-25,39,41,47,49,53-55,57-60,62-63,65-67H,3-15,17,19-20,23,26-38,40,42-46,48,50-52H2,1-2H3,(H,61,64)/b18-16+,22-21-,25-24-,41-39+,49-47+. The van der Waals surface area contributed by atoms with E-state index in [2.05, 4.69) is 67.8 Å². The van der Waals surface area contributed by atoms with Crippen molar-refractivity contribution >= 4 is 5.91 Å². The molecule has 0 bridgehead atoms. The Morgan fingerprint density at radius 2 is 0.870 bits per heavy atom. The van der Waals surface area contributed by atoms with Gasteiger partial charge in [-0.2, -0.15) is 0 Å². The zero-order valence-corrected chi connectivity index (χ0v) is 44.6. The lowest BCUT2D eigenvalue weighted by Crippen LogP contribution is -2.60. The number of unbranched alkanes of at least 4 members (excludes halogenated alkanes) is 31. The Morgan fingerprint density at radius 1 is 0.493 bits per heavy atom. The summed E-state index contributed by atoms with van der Waals surface area (Å²) in [7, 11) is 0. The van der Waals surface area contributed by atoms with Crippen LogP contribution in [0.3, 0.4) is 0 Å². The molecular formula is C60H109NO8. The van der Waals surface area contributed by atoms with Crippen LogP contribution in [0, 0.1) is 0 Å². The molecule has 9 heteroatoms. The van der Waals surface area contributed by atoms with Crippen molar-refractivity contribution in [3.05, 3.63) is 60.8 Å². The first-order valence-electron chi connectivity index (χ1n) is 29.0. The maximum absolute atomic E-state index is 13.0. The fourth-order valence-electron chi connectivity index (χ4n) is 8.93. The van der Waals surface area contributed by atoms with E-state index in [1.54, 1.807) is 6.08 Å². The van der Waals surface area contributed by atoms with Crippen LogP contribution in [0.15, 0.2) is 60.8 Å². The van der Waals surface area contributed by atoms with Crippen molar-refractivity contribution in [1.29, 1.82) is 0 Å². The largest absolute Gasteiger partial charge is 0.394 e. The van der Waals surface area contributed by atoms with Crippen molar-refractivity contribution in [2.24, 2.45) is 0 Å².